The van der Waals surface area contributed by atoms with E-state index in [-0.39, 0.29) is 0 Å². The van der Waals surface area contributed by atoms with Crippen molar-refractivity contribution in [3.05, 3.63) is 29.3 Å². The number of hydrogen-bond acceptors (Lipinski definition) is 3. The van der Waals surface area contributed by atoms with Gasteiger partial charge in [-0.2, -0.15) is 0 Å². The Morgan fingerprint density at radius 1 is 1.26 bits per heavy atom. The molecule has 19 heavy (non-hydrogen) atoms. The molecule has 1 fully saturated rings. The zero-order valence-electron chi connectivity index (χ0n) is 12.4. The van der Waals surface area contributed by atoms with Crippen LogP contribution in [0.1, 0.15) is 37.4 Å². The lowest BCUT2D eigenvalue weighted by molar-refractivity contribution is 0.169. The fourth-order valence-electron chi connectivity index (χ4n) is 2.98. The van der Waals surface area contributed by atoms with Gasteiger partial charge < -0.3 is 10.1 Å². The van der Waals surface area contributed by atoms with E-state index in [0.717, 1.165) is 44.8 Å². The van der Waals surface area contributed by atoms with Crippen LogP contribution in [0, 0.1) is 0 Å². The molecule has 3 nitrogen and oxygen atoms in total. The Bertz CT molecular complexity index is 400. The fourth-order valence-corrected chi connectivity index (χ4v) is 2.98. The van der Waals surface area contributed by atoms with Crippen molar-refractivity contribution in [3.63, 3.8) is 0 Å². The highest BCUT2D eigenvalue weighted by molar-refractivity contribution is 5.38. The van der Waals surface area contributed by atoms with E-state index < -0.39 is 0 Å². The van der Waals surface area contributed by atoms with Gasteiger partial charge in [0.2, 0.25) is 0 Å². The minimum Gasteiger partial charge on any atom is -0.496 e. The van der Waals surface area contributed by atoms with Gasteiger partial charge in [0.15, 0.2) is 0 Å². The Balaban J connectivity index is 2.22. The lowest BCUT2D eigenvalue weighted by atomic mass is 9.98. The summed E-state index contributed by atoms with van der Waals surface area (Å²) in [4.78, 5) is 2.59. The van der Waals surface area contributed by atoms with E-state index in [9.17, 15) is 0 Å². The number of methoxy groups -OCH3 is 1. The number of aryl methyl sites for hydroxylation is 1. The maximum absolute atomic E-state index is 5.43. The zero-order chi connectivity index (χ0) is 13.7. The molecule has 1 unspecified atom stereocenters. The topological polar surface area (TPSA) is 24.5 Å². The Morgan fingerprint density at radius 3 is 2.58 bits per heavy atom. The van der Waals surface area contributed by atoms with Crippen LogP contribution >= 0.6 is 0 Å². The van der Waals surface area contributed by atoms with E-state index in [0.29, 0.717) is 6.04 Å². The standard InChI is InChI=1S/C16H26N2O/c1-4-13-12-14(6-7-16(13)19-3)15(5-2)18-10-8-17-9-11-18/h6-7,12,15,17H,4-5,8-11H2,1-3H3. The van der Waals surface area contributed by atoms with Gasteiger partial charge in [0.1, 0.15) is 5.75 Å². The third kappa shape index (κ3) is 3.28. The fraction of sp³-hybridized carbons (Fsp3) is 0.625. The number of nitrogens with one attached hydrogen (secondary N) is 1. The summed E-state index contributed by atoms with van der Waals surface area (Å²) in [6, 6.07) is 7.22. The van der Waals surface area contributed by atoms with Gasteiger partial charge in [0, 0.05) is 32.2 Å². The highest BCUT2D eigenvalue weighted by Crippen LogP contribution is 2.29. The van der Waals surface area contributed by atoms with Gasteiger partial charge in [0.25, 0.3) is 0 Å². The summed E-state index contributed by atoms with van der Waals surface area (Å²) >= 11 is 0. The highest BCUT2D eigenvalue weighted by atomic mass is 16.5. The maximum atomic E-state index is 5.43. The molecule has 1 aliphatic rings. The molecule has 0 radical (unpaired) electrons. The van der Waals surface area contributed by atoms with Crippen LogP contribution in [0.25, 0.3) is 0 Å². The van der Waals surface area contributed by atoms with Crippen molar-refractivity contribution < 1.29 is 4.74 Å². The minimum absolute atomic E-state index is 0.540. The van der Waals surface area contributed by atoms with Crippen LogP contribution < -0.4 is 10.1 Å². The van der Waals surface area contributed by atoms with E-state index in [1.54, 1.807) is 7.11 Å². The lowest BCUT2D eigenvalue weighted by Crippen LogP contribution is -2.45. The van der Waals surface area contributed by atoms with Gasteiger partial charge >= 0.3 is 0 Å². The summed E-state index contributed by atoms with van der Waals surface area (Å²) < 4.78 is 5.43. The van der Waals surface area contributed by atoms with Crippen LogP contribution in [0.5, 0.6) is 5.75 Å². The molecule has 1 saturated heterocycles. The second-order valence-electron chi connectivity index (χ2n) is 5.13. The molecular formula is C16H26N2O. The highest BCUT2D eigenvalue weighted by Gasteiger charge is 2.21. The Morgan fingerprint density at radius 2 is 2.00 bits per heavy atom. The van der Waals surface area contributed by atoms with E-state index >= 15 is 0 Å². The summed E-state index contributed by atoms with van der Waals surface area (Å²) in [5.74, 6) is 1.02. The van der Waals surface area contributed by atoms with Crippen LogP contribution in [-0.4, -0.2) is 38.2 Å². The summed E-state index contributed by atoms with van der Waals surface area (Å²) in [5, 5.41) is 3.42. The average Bonchev–Trinajstić information content (AvgIpc) is 2.49. The van der Waals surface area contributed by atoms with Gasteiger partial charge in [-0.25, -0.2) is 0 Å². The van der Waals surface area contributed by atoms with Gasteiger partial charge in [-0.15, -0.1) is 0 Å². The average molecular weight is 262 g/mol. The van der Waals surface area contributed by atoms with Gasteiger partial charge in [0.05, 0.1) is 7.11 Å². The smallest absolute Gasteiger partial charge is 0.122 e. The number of piperazine rings is 1. The normalized spacial score (nSPS) is 18.3. The minimum atomic E-state index is 0.540. The van der Waals surface area contributed by atoms with Gasteiger partial charge in [-0.3, -0.25) is 4.90 Å². The predicted octanol–water partition coefficient (Wildman–Crippen LogP) is 2.61. The van der Waals surface area contributed by atoms with E-state index in [1.165, 1.54) is 11.1 Å². The molecule has 1 aromatic rings. The molecule has 1 atom stereocenters. The van der Waals surface area contributed by atoms with Crippen molar-refractivity contribution in [2.75, 3.05) is 33.3 Å². The number of benzene rings is 1. The van der Waals surface area contributed by atoms with E-state index in [2.05, 4.69) is 42.3 Å². The largest absolute Gasteiger partial charge is 0.496 e. The van der Waals surface area contributed by atoms with Gasteiger partial charge in [-0.1, -0.05) is 26.0 Å². The summed E-state index contributed by atoms with van der Waals surface area (Å²) in [6.07, 6.45) is 2.19. The zero-order valence-corrected chi connectivity index (χ0v) is 12.4. The Hall–Kier alpha value is -1.06. The number of ether oxygens (including phenoxy) is 1. The SMILES string of the molecule is CCc1cc(C(CC)N2CCNCC2)ccc1OC. The molecule has 1 aromatic carbocycles. The second-order valence-corrected chi connectivity index (χ2v) is 5.13. The van der Waals surface area contributed by atoms with Crippen molar-refractivity contribution in [2.45, 2.75) is 32.7 Å². The molecule has 0 saturated carbocycles. The molecule has 2 rings (SSSR count). The Kier molecular flexibility index (Phi) is 5.23. The first-order chi connectivity index (χ1) is 9.30. The first-order valence-corrected chi connectivity index (χ1v) is 7.41. The maximum Gasteiger partial charge on any atom is 0.122 e. The first-order valence-electron chi connectivity index (χ1n) is 7.41. The summed E-state index contributed by atoms with van der Waals surface area (Å²) in [7, 11) is 1.75. The van der Waals surface area contributed by atoms with E-state index in [1.807, 2.05) is 0 Å². The van der Waals surface area contributed by atoms with Crippen LogP contribution in [-0.2, 0) is 6.42 Å². The number of hydrogen-bond donors (Lipinski definition) is 1. The third-order valence-electron chi connectivity index (χ3n) is 4.05. The number of rotatable bonds is 5. The molecule has 1 aliphatic heterocycles. The molecule has 0 bridgehead atoms. The van der Waals surface area contributed by atoms with Crippen molar-refractivity contribution >= 4 is 0 Å². The second kappa shape index (κ2) is 6.92. The molecule has 1 N–H and O–H groups in total. The van der Waals surface area contributed by atoms with Crippen LogP contribution in [0.15, 0.2) is 18.2 Å². The monoisotopic (exact) mass is 262 g/mol. The molecule has 106 valence electrons. The Labute approximate surface area is 116 Å². The molecule has 0 aliphatic carbocycles. The van der Waals surface area contributed by atoms with Crippen molar-refractivity contribution in [3.8, 4) is 5.75 Å². The van der Waals surface area contributed by atoms with Gasteiger partial charge in [-0.05, 0) is 30.0 Å². The predicted molar refractivity (Wildman–Crippen MR) is 79.8 cm³/mol. The van der Waals surface area contributed by atoms with E-state index in [4.69, 9.17) is 4.74 Å². The summed E-state index contributed by atoms with van der Waals surface area (Å²) in [5.41, 5.74) is 2.75. The quantitative estimate of drug-likeness (QED) is 0.883. The van der Waals surface area contributed by atoms with Crippen molar-refractivity contribution in [1.82, 2.24) is 10.2 Å². The first kappa shape index (κ1) is 14.4. The van der Waals surface area contributed by atoms with Crippen molar-refractivity contribution in [2.24, 2.45) is 0 Å². The van der Waals surface area contributed by atoms with Crippen LogP contribution in [0.3, 0.4) is 0 Å². The molecule has 1 heterocycles. The lowest BCUT2D eigenvalue weighted by Gasteiger charge is -2.35. The third-order valence-corrected chi connectivity index (χ3v) is 4.05. The van der Waals surface area contributed by atoms with Crippen molar-refractivity contribution in [1.29, 1.82) is 0 Å². The molecule has 0 amide bonds. The summed E-state index contributed by atoms with van der Waals surface area (Å²) in [6.45, 7) is 8.97. The van der Waals surface area contributed by atoms with Crippen LogP contribution in [0.4, 0.5) is 0 Å². The number of nitrogens with zero attached hydrogens (tertiary/aromatic N) is 1. The van der Waals surface area contributed by atoms with Crippen LogP contribution in [0.2, 0.25) is 0 Å². The molecule has 0 spiro atoms. The molecule has 0 aromatic heterocycles. The molecular weight excluding hydrogens is 236 g/mol. The molecule has 3 heteroatoms.